The van der Waals surface area contributed by atoms with Crippen LogP contribution in [-0.4, -0.2) is 28.6 Å². The zero-order chi connectivity index (χ0) is 19.9. The summed E-state index contributed by atoms with van der Waals surface area (Å²) < 4.78 is 8.32. The van der Waals surface area contributed by atoms with Crippen molar-refractivity contribution < 1.29 is 9.53 Å². The monoisotopic (exact) mass is 379 g/mol. The number of para-hydroxylation sites is 3. The summed E-state index contributed by atoms with van der Waals surface area (Å²) >= 11 is 0. The fourth-order valence-electron chi connectivity index (χ4n) is 3.34. The maximum atomic E-state index is 11.5. The number of hydrogen-bond acceptors (Lipinski definition) is 3. The second-order valence-corrected chi connectivity index (χ2v) is 7.16. The number of nitrogens with zero attached hydrogens (tertiary/aromatic N) is 2. The molecular formula is C23H29N3O2. The average molecular weight is 380 g/mol. The number of carbonyl (C=O) groups is 1. The first kappa shape index (κ1) is 19.9. The molecule has 0 saturated carbocycles. The lowest BCUT2D eigenvalue weighted by Gasteiger charge is -2.15. The Morgan fingerprint density at radius 3 is 2.68 bits per heavy atom. The predicted molar refractivity (Wildman–Crippen MR) is 113 cm³/mol. The van der Waals surface area contributed by atoms with Gasteiger partial charge in [0.1, 0.15) is 18.2 Å². The second-order valence-electron chi connectivity index (χ2n) is 7.16. The van der Waals surface area contributed by atoms with Crippen molar-refractivity contribution in [3.05, 3.63) is 59.9 Å². The number of benzene rings is 2. The maximum absolute atomic E-state index is 11.5. The molecule has 0 aliphatic heterocycles. The number of rotatable bonds is 9. The van der Waals surface area contributed by atoms with Crippen molar-refractivity contribution in [1.29, 1.82) is 0 Å². The Labute approximate surface area is 166 Å². The molecule has 3 aromatic rings. The molecule has 1 heterocycles. The zero-order valence-electron chi connectivity index (χ0n) is 16.9. The second kappa shape index (κ2) is 9.40. The van der Waals surface area contributed by atoms with Crippen molar-refractivity contribution in [3.63, 3.8) is 0 Å². The number of nitrogens with one attached hydrogen (secondary N) is 1. The number of amides is 1. The van der Waals surface area contributed by atoms with Gasteiger partial charge in [0.05, 0.1) is 17.6 Å². The summed E-state index contributed by atoms with van der Waals surface area (Å²) in [6, 6.07) is 16.3. The molecular weight excluding hydrogens is 350 g/mol. The fraction of sp³-hybridized carbons (Fsp3) is 0.391. The van der Waals surface area contributed by atoms with E-state index in [9.17, 15) is 4.79 Å². The zero-order valence-corrected chi connectivity index (χ0v) is 16.9. The van der Waals surface area contributed by atoms with Crippen molar-refractivity contribution in [3.8, 4) is 5.75 Å². The molecule has 1 N–H and O–H groups in total. The van der Waals surface area contributed by atoms with Crippen molar-refractivity contribution >= 4 is 16.9 Å². The van der Waals surface area contributed by atoms with Crippen molar-refractivity contribution in [2.24, 2.45) is 0 Å². The summed E-state index contributed by atoms with van der Waals surface area (Å²) in [7, 11) is 0. The number of hydrogen-bond donors (Lipinski definition) is 1. The SMILES string of the molecule is CCC(=O)NCCc1nc2ccccc2n1CCOc1ccccc1C(C)C. The quantitative estimate of drug-likeness (QED) is 0.603. The Hall–Kier alpha value is -2.82. The fourth-order valence-corrected chi connectivity index (χ4v) is 3.34. The minimum absolute atomic E-state index is 0.0660. The van der Waals surface area contributed by atoms with E-state index < -0.39 is 0 Å². The molecule has 0 radical (unpaired) electrons. The van der Waals surface area contributed by atoms with E-state index in [2.05, 4.69) is 35.9 Å². The Balaban J connectivity index is 1.72. The minimum Gasteiger partial charge on any atom is -0.491 e. The van der Waals surface area contributed by atoms with Gasteiger partial charge >= 0.3 is 0 Å². The van der Waals surface area contributed by atoms with Gasteiger partial charge in [-0.1, -0.05) is 51.1 Å². The molecule has 5 nitrogen and oxygen atoms in total. The highest BCUT2D eigenvalue weighted by Gasteiger charge is 2.12. The van der Waals surface area contributed by atoms with Crippen LogP contribution in [0.15, 0.2) is 48.5 Å². The topological polar surface area (TPSA) is 56.2 Å². The molecule has 0 bridgehead atoms. The molecule has 28 heavy (non-hydrogen) atoms. The predicted octanol–water partition coefficient (Wildman–Crippen LogP) is 4.31. The Kier molecular flexibility index (Phi) is 6.69. The van der Waals surface area contributed by atoms with Gasteiger partial charge in [0.25, 0.3) is 0 Å². The lowest BCUT2D eigenvalue weighted by molar-refractivity contribution is -0.120. The van der Waals surface area contributed by atoms with Crippen molar-refractivity contribution in [2.75, 3.05) is 13.2 Å². The summed E-state index contributed by atoms with van der Waals surface area (Å²) in [5, 5.41) is 2.93. The third-order valence-electron chi connectivity index (χ3n) is 4.84. The third kappa shape index (κ3) is 4.71. The number of imidazole rings is 1. The van der Waals surface area contributed by atoms with Crippen molar-refractivity contribution in [1.82, 2.24) is 14.9 Å². The third-order valence-corrected chi connectivity index (χ3v) is 4.84. The summed E-state index contributed by atoms with van der Waals surface area (Å²) in [5.74, 6) is 2.40. The molecule has 5 heteroatoms. The molecule has 0 spiro atoms. The van der Waals surface area contributed by atoms with Crippen LogP contribution in [0, 0.1) is 0 Å². The maximum Gasteiger partial charge on any atom is 0.219 e. The minimum atomic E-state index is 0.0660. The Bertz CT molecular complexity index is 930. The van der Waals surface area contributed by atoms with E-state index in [4.69, 9.17) is 9.72 Å². The van der Waals surface area contributed by atoms with Gasteiger partial charge in [0.2, 0.25) is 5.91 Å². The molecule has 148 valence electrons. The first-order valence-corrected chi connectivity index (χ1v) is 10.0. The lowest BCUT2D eigenvalue weighted by atomic mass is 10.0. The first-order valence-electron chi connectivity index (χ1n) is 10.0. The molecule has 0 saturated heterocycles. The van der Waals surface area contributed by atoms with Gasteiger partial charge < -0.3 is 14.6 Å². The molecule has 0 atom stereocenters. The molecule has 2 aromatic carbocycles. The summed E-state index contributed by atoms with van der Waals surface area (Å²) in [6.07, 6.45) is 1.20. The van der Waals surface area contributed by atoms with E-state index in [1.54, 1.807) is 0 Å². The number of fused-ring (bicyclic) bond motifs is 1. The highest BCUT2D eigenvalue weighted by molar-refractivity contribution is 5.76. The highest BCUT2D eigenvalue weighted by atomic mass is 16.5. The molecule has 1 amide bonds. The summed E-state index contributed by atoms with van der Waals surface area (Å²) in [5.41, 5.74) is 3.29. The number of ether oxygens (including phenoxy) is 1. The summed E-state index contributed by atoms with van der Waals surface area (Å²) in [6.45, 7) is 8.08. The van der Waals surface area contributed by atoms with Gasteiger partial charge in [-0.3, -0.25) is 4.79 Å². The molecule has 0 fully saturated rings. The van der Waals surface area contributed by atoms with Crippen LogP contribution in [0.25, 0.3) is 11.0 Å². The molecule has 3 rings (SSSR count). The van der Waals surface area contributed by atoms with Crippen LogP contribution in [0.3, 0.4) is 0 Å². The average Bonchev–Trinajstić information content (AvgIpc) is 3.05. The van der Waals surface area contributed by atoms with Gasteiger partial charge in [-0.15, -0.1) is 0 Å². The van der Waals surface area contributed by atoms with Crippen LogP contribution in [0.2, 0.25) is 0 Å². The van der Waals surface area contributed by atoms with Gasteiger partial charge in [-0.25, -0.2) is 4.98 Å². The molecule has 0 aliphatic rings. The van der Waals surface area contributed by atoms with Crippen LogP contribution >= 0.6 is 0 Å². The number of carbonyl (C=O) groups excluding carboxylic acids is 1. The Morgan fingerprint density at radius 2 is 1.89 bits per heavy atom. The van der Waals surface area contributed by atoms with E-state index in [-0.39, 0.29) is 5.91 Å². The van der Waals surface area contributed by atoms with E-state index in [1.807, 2.05) is 43.3 Å². The van der Waals surface area contributed by atoms with E-state index in [0.717, 1.165) is 22.6 Å². The smallest absolute Gasteiger partial charge is 0.219 e. The van der Waals surface area contributed by atoms with Crippen molar-refractivity contribution in [2.45, 2.75) is 46.1 Å². The summed E-state index contributed by atoms with van der Waals surface area (Å²) in [4.78, 5) is 16.3. The van der Waals surface area contributed by atoms with E-state index in [0.29, 0.717) is 38.5 Å². The molecule has 1 aromatic heterocycles. The van der Waals surface area contributed by atoms with Gasteiger partial charge in [-0.05, 0) is 29.7 Å². The van der Waals surface area contributed by atoms with Crippen LogP contribution in [0.1, 0.15) is 44.5 Å². The molecule has 0 aliphatic carbocycles. The van der Waals surface area contributed by atoms with Crippen LogP contribution < -0.4 is 10.1 Å². The number of aromatic nitrogens is 2. The van der Waals surface area contributed by atoms with E-state index >= 15 is 0 Å². The van der Waals surface area contributed by atoms with E-state index in [1.165, 1.54) is 5.56 Å². The largest absolute Gasteiger partial charge is 0.491 e. The van der Waals surface area contributed by atoms with Crippen LogP contribution in [0.5, 0.6) is 5.75 Å². The lowest BCUT2D eigenvalue weighted by Crippen LogP contribution is -2.25. The highest BCUT2D eigenvalue weighted by Crippen LogP contribution is 2.26. The van der Waals surface area contributed by atoms with Crippen LogP contribution in [0.4, 0.5) is 0 Å². The normalized spacial score (nSPS) is 11.1. The molecule has 0 unspecified atom stereocenters. The van der Waals surface area contributed by atoms with Crippen LogP contribution in [-0.2, 0) is 17.8 Å². The van der Waals surface area contributed by atoms with Gasteiger partial charge in [-0.2, -0.15) is 0 Å². The Morgan fingerprint density at radius 1 is 1.14 bits per heavy atom. The van der Waals surface area contributed by atoms with Gasteiger partial charge in [0, 0.05) is 19.4 Å². The standard InChI is InChI=1S/C23H29N3O2/c1-4-23(27)24-14-13-22-25-19-10-6-7-11-20(19)26(22)15-16-28-21-12-8-5-9-18(21)17(2)3/h5-12,17H,4,13-16H2,1-3H3,(H,24,27). The first-order chi connectivity index (χ1) is 13.6. The van der Waals surface area contributed by atoms with Gasteiger partial charge in [0.15, 0.2) is 0 Å².